The van der Waals surface area contributed by atoms with Crippen LogP contribution in [-0.2, 0) is 4.79 Å². The van der Waals surface area contributed by atoms with Crippen molar-refractivity contribution in [3.8, 4) is 0 Å². The number of carbonyl (C=O) groups is 1. The van der Waals surface area contributed by atoms with Gasteiger partial charge in [-0.3, -0.25) is 14.6 Å². The topological polar surface area (TPSA) is 55.8 Å². The maximum Gasteiger partial charge on any atom is 0.234 e. The zero-order chi connectivity index (χ0) is 16.0. The predicted octanol–water partition coefficient (Wildman–Crippen LogP) is 0.926. The van der Waals surface area contributed by atoms with E-state index in [1.165, 1.54) is 0 Å². The van der Waals surface area contributed by atoms with Crippen molar-refractivity contribution in [3.05, 3.63) is 0 Å². The van der Waals surface area contributed by atoms with Crippen LogP contribution in [-0.4, -0.2) is 72.2 Å². The van der Waals surface area contributed by atoms with Crippen molar-refractivity contribution in [2.75, 3.05) is 39.3 Å². The Labute approximate surface area is 129 Å². The number of aliphatic hydroxyl groups excluding tert-OH is 1. The highest BCUT2D eigenvalue weighted by Gasteiger charge is 2.26. The first-order valence-corrected chi connectivity index (χ1v) is 8.14. The maximum atomic E-state index is 11.9. The van der Waals surface area contributed by atoms with Gasteiger partial charge in [0.25, 0.3) is 0 Å². The van der Waals surface area contributed by atoms with E-state index in [-0.39, 0.29) is 23.5 Å². The van der Waals surface area contributed by atoms with E-state index in [4.69, 9.17) is 0 Å². The Balaban J connectivity index is 2.28. The van der Waals surface area contributed by atoms with Crippen molar-refractivity contribution in [2.24, 2.45) is 5.41 Å². The number of nitrogens with zero attached hydrogens (tertiary/aromatic N) is 2. The largest absolute Gasteiger partial charge is 0.391 e. The zero-order valence-electron chi connectivity index (χ0n) is 14.4. The second-order valence-electron chi connectivity index (χ2n) is 7.34. The number of piperazine rings is 1. The molecule has 0 radical (unpaired) electrons. The summed E-state index contributed by atoms with van der Waals surface area (Å²) in [7, 11) is 0. The Morgan fingerprint density at radius 1 is 1.19 bits per heavy atom. The second-order valence-corrected chi connectivity index (χ2v) is 7.34. The molecule has 0 unspecified atom stereocenters. The number of carbonyl (C=O) groups excluding carboxylic acids is 1. The van der Waals surface area contributed by atoms with E-state index < -0.39 is 0 Å². The fourth-order valence-corrected chi connectivity index (χ4v) is 2.27. The van der Waals surface area contributed by atoms with Gasteiger partial charge in [-0.2, -0.15) is 0 Å². The molecule has 21 heavy (non-hydrogen) atoms. The molecule has 0 aromatic heterocycles. The van der Waals surface area contributed by atoms with E-state index in [1.807, 2.05) is 6.92 Å². The van der Waals surface area contributed by atoms with Gasteiger partial charge >= 0.3 is 0 Å². The monoisotopic (exact) mass is 299 g/mol. The molecule has 1 saturated heterocycles. The lowest BCUT2D eigenvalue weighted by Crippen LogP contribution is -2.52. The highest BCUT2D eigenvalue weighted by Crippen LogP contribution is 2.20. The van der Waals surface area contributed by atoms with E-state index >= 15 is 0 Å². The predicted molar refractivity (Wildman–Crippen MR) is 86.2 cm³/mol. The van der Waals surface area contributed by atoms with E-state index in [2.05, 4.69) is 42.8 Å². The summed E-state index contributed by atoms with van der Waals surface area (Å²) in [5.74, 6) is 0.118. The maximum absolute atomic E-state index is 11.9. The van der Waals surface area contributed by atoms with Gasteiger partial charge in [0, 0.05) is 38.8 Å². The third-order valence-corrected chi connectivity index (χ3v) is 4.28. The summed E-state index contributed by atoms with van der Waals surface area (Å²) < 4.78 is 0. The van der Waals surface area contributed by atoms with E-state index in [9.17, 15) is 9.90 Å². The molecule has 1 rings (SSSR count). The van der Waals surface area contributed by atoms with Crippen LogP contribution in [0.4, 0.5) is 0 Å². The fraction of sp³-hybridized carbons (Fsp3) is 0.938. The summed E-state index contributed by atoms with van der Waals surface area (Å²) in [6.07, 6.45) is 0.655. The minimum Gasteiger partial charge on any atom is -0.391 e. The number of β-amino-alcohol motifs (C(OH)–C–C–N with tert-alkyl or cyclic N) is 1. The molecule has 1 aliphatic rings. The highest BCUT2D eigenvalue weighted by atomic mass is 16.3. The Morgan fingerprint density at radius 3 is 2.19 bits per heavy atom. The third-order valence-electron chi connectivity index (χ3n) is 4.28. The van der Waals surface area contributed by atoms with Crippen molar-refractivity contribution < 1.29 is 9.90 Å². The van der Waals surface area contributed by atoms with E-state index in [0.29, 0.717) is 6.54 Å². The number of nitrogens with one attached hydrogen (secondary N) is 1. The summed E-state index contributed by atoms with van der Waals surface area (Å²) >= 11 is 0. The fourth-order valence-electron chi connectivity index (χ4n) is 2.27. The van der Waals surface area contributed by atoms with Crippen molar-refractivity contribution in [1.29, 1.82) is 0 Å². The lowest BCUT2D eigenvalue weighted by atomic mass is 9.89. The SMILES string of the molecule is CC[C@H](C)NC(=O)CN1CCN(C[C@H](O)C(C)(C)C)CC1. The molecule has 5 heteroatoms. The van der Waals surface area contributed by atoms with Gasteiger partial charge in [-0.25, -0.2) is 0 Å². The number of hydrogen-bond donors (Lipinski definition) is 2. The Hall–Kier alpha value is -0.650. The van der Waals surface area contributed by atoms with E-state index in [0.717, 1.165) is 39.1 Å². The molecule has 5 nitrogen and oxygen atoms in total. The van der Waals surface area contributed by atoms with Crippen LogP contribution in [0.1, 0.15) is 41.0 Å². The first kappa shape index (κ1) is 18.4. The van der Waals surface area contributed by atoms with Crippen LogP contribution in [0.2, 0.25) is 0 Å². The standard InChI is InChI=1S/C16H33N3O2/c1-6-13(2)17-15(21)12-19-9-7-18(8-10-19)11-14(20)16(3,4)5/h13-14,20H,6-12H2,1-5H3,(H,17,21)/t13-,14-/m0/s1. The van der Waals surface area contributed by atoms with Gasteiger partial charge in [0.05, 0.1) is 12.6 Å². The summed E-state index contributed by atoms with van der Waals surface area (Å²) in [6, 6.07) is 0.251. The van der Waals surface area contributed by atoms with Crippen molar-refractivity contribution >= 4 is 5.91 Å². The first-order valence-electron chi connectivity index (χ1n) is 8.14. The smallest absolute Gasteiger partial charge is 0.234 e. The molecule has 0 bridgehead atoms. The molecule has 0 saturated carbocycles. The van der Waals surface area contributed by atoms with Crippen LogP contribution in [0.3, 0.4) is 0 Å². The number of rotatable bonds is 6. The summed E-state index contributed by atoms with van der Waals surface area (Å²) in [4.78, 5) is 16.3. The van der Waals surface area contributed by atoms with Gasteiger partial charge in [0.2, 0.25) is 5.91 Å². The van der Waals surface area contributed by atoms with Gasteiger partial charge in [-0.15, -0.1) is 0 Å². The quantitative estimate of drug-likeness (QED) is 0.766. The van der Waals surface area contributed by atoms with Crippen LogP contribution in [0.15, 0.2) is 0 Å². The highest BCUT2D eigenvalue weighted by molar-refractivity contribution is 5.78. The molecule has 1 fully saturated rings. The Bertz CT molecular complexity index is 320. The Kier molecular flexibility index (Phi) is 7.10. The lowest BCUT2D eigenvalue weighted by Gasteiger charge is -2.37. The Morgan fingerprint density at radius 2 is 1.71 bits per heavy atom. The summed E-state index contributed by atoms with van der Waals surface area (Å²) in [5, 5.41) is 13.2. The molecular formula is C16H33N3O2. The molecule has 2 N–H and O–H groups in total. The van der Waals surface area contributed by atoms with Gasteiger partial charge in [-0.1, -0.05) is 27.7 Å². The zero-order valence-corrected chi connectivity index (χ0v) is 14.4. The second kappa shape index (κ2) is 8.11. The van der Waals surface area contributed by atoms with Gasteiger partial charge in [0.1, 0.15) is 0 Å². The molecule has 1 aliphatic heterocycles. The molecule has 2 atom stereocenters. The molecule has 124 valence electrons. The summed E-state index contributed by atoms with van der Waals surface area (Å²) in [5.41, 5.74) is -0.0761. The summed E-state index contributed by atoms with van der Waals surface area (Å²) in [6.45, 7) is 15.1. The molecule has 1 heterocycles. The number of aliphatic hydroxyl groups is 1. The van der Waals surface area contributed by atoms with Crippen LogP contribution < -0.4 is 5.32 Å². The van der Waals surface area contributed by atoms with Crippen LogP contribution in [0.25, 0.3) is 0 Å². The van der Waals surface area contributed by atoms with Crippen molar-refractivity contribution in [3.63, 3.8) is 0 Å². The molecule has 0 aliphatic carbocycles. The lowest BCUT2D eigenvalue weighted by molar-refractivity contribution is -0.123. The minimum absolute atomic E-state index is 0.0761. The number of hydrogen-bond acceptors (Lipinski definition) is 4. The number of amides is 1. The van der Waals surface area contributed by atoms with E-state index in [1.54, 1.807) is 0 Å². The molecule has 0 spiro atoms. The first-order chi connectivity index (χ1) is 9.72. The molecule has 0 aromatic rings. The van der Waals surface area contributed by atoms with Crippen LogP contribution in [0.5, 0.6) is 0 Å². The van der Waals surface area contributed by atoms with Gasteiger partial charge in [-0.05, 0) is 18.8 Å². The van der Waals surface area contributed by atoms with Crippen molar-refractivity contribution in [2.45, 2.75) is 53.2 Å². The van der Waals surface area contributed by atoms with Crippen LogP contribution >= 0.6 is 0 Å². The average Bonchev–Trinajstić information content (AvgIpc) is 2.39. The third kappa shape index (κ3) is 6.76. The van der Waals surface area contributed by atoms with Gasteiger partial charge in [0.15, 0.2) is 0 Å². The molecule has 0 aromatic carbocycles. The normalized spacial score (nSPS) is 21.0. The van der Waals surface area contributed by atoms with Crippen LogP contribution in [0, 0.1) is 5.41 Å². The minimum atomic E-state index is -0.308. The van der Waals surface area contributed by atoms with Crippen molar-refractivity contribution in [1.82, 2.24) is 15.1 Å². The molecular weight excluding hydrogens is 266 g/mol. The average molecular weight is 299 g/mol. The van der Waals surface area contributed by atoms with Gasteiger partial charge < -0.3 is 10.4 Å². The molecule has 1 amide bonds.